The molecule has 2 atom stereocenters. The number of halogens is 1. The zero-order valence-electron chi connectivity index (χ0n) is 19.8. The summed E-state index contributed by atoms with van der Waals surface area (Å²) in [5, 5.41) is 2.52. The Balaban J connectivity index is 0.000000451. The predicted octanol–water partition coefficient (Wildman–Crippen LogP) is 3.05. The van der Waals surface area contributed by atoms with Gasteiger partial charge >= 0.3 is 5.97 Å². The molecule has 1 N–H and O–H groups in total. The van der Waals surface area contributed by atoms with E-state index in [2.05, 4.69) is 5.32 Å². The normalized spacial score (nSPS) is 16.6. The number of amides is 1. The predicted molar refractivity (Wildman–Crippen MR) is 124 cm³/mol. The van der Waals surface area contributed by atoms with E-state index in [9.17, 15) is 23.6 Å². The van der Waals surface area contributed by atoms with E-state index in [4.69, 9.17) is 4.74 Å². The van der Waals surface area contributed by atoms with Crippen LogP contribution in [0.15, 0.2) is 30.3 Å². The van der Waals surface area contributed by atoms with Gasteiger partial charge in [0.25, 0.3) is 0 Å². The zero-order valence-corrected chi connectivity index (χ0v) is 19.8. The van der Waals surface area contributed by atoms with Crippen LogP contribution < -0.4 is 5.32 Å². The number of carbonyl (C=O) groups excluding carboxylic acids is 4. The molecule has 1 aliphatic heterocycles. The van der Waals surface area contributed by atoms with Gasteiger partial charge in [0.1, 0.15) is 19.0 Å². The molecule has 0 bridgehead atoms. The number of hydrogen-bond acceptors (Lipinski definition) is 6. The van der Waals surface area contributed by atoms with Crippen molar-refractivity contribution in [2.75, 3.05) is 26.9 Å². The van der Waals surface area contributed by atoms with Gasteiger partial charge in [0.15, 0.2) is 5.78 Å². The molecule has 1 fully saturated rings. The second kappa shape index (κ2) is 16.9. The number of Topliss-reactive ketones (excluding diaryl/α,β-unsaturated/α-hetero) is 1. The Labute approximate surface area is 196 Å². The molecule has 1 amide bonds. The molecule has 0 radical (unpaired) electrons. The third kappa shape index (κ3) is 11.7. The van der Waals surface area contributed by atoms with Crippen molar-refractivity contribution < 1.29 is 28.3 Å². The SMILES string of the molecule is CCCCOC(=O)CC(NC(=O)C1CCCCN1C)C(=O)CF.O=CCCc1ccccc1. The molecular formula is C25H37FN2O5. The molecule has 33 heavy (non-hydrogen) atoms. The van der Waals surface area contributed by atoms with E-state index in [0.717, 1.165) is 44.9 Å². The van der Waals surface area contributed by atoms with Crippen molar-refractivity contribution in [3.05, 3.63) is 35.9 Å². The summed E-state index contributed by atoms with van der Waals surface area (Å²) < 4.78 is 17.7. The Hall–Kier alpha value is -2.61. The number of likely N-dealkylation sites (N-methyl/N-ethyl adjacent to an activating group) is 1. The Morgan fingerprint density at radius 1 is 1.24 bits per heavy atom. The fourth-order valence-corrected chi connectivity index (χ4v) is 3.44. The number of aldehydes is 1. The molecule has 2 unspecified atom stereocenters. The topological polar surface area (TPSA) is 92.8 Å². The largest absolute Gasteiger partial charge is 0.466 e. The summed E-state index contributed by atoms with van der Waals surface area (Å²) in [5.74, 6) is -1.73. The molecule has 184 valence electrons. The van der Waals surface area contributed by atoms with E-state index >= 15 is 0 Å². The molecule has 0 aromatic heterocycles. The minimum Gasteiger partial charge on any atom is -0.466 e. The number of benzene rings is 1. The van der Waals surface area contributed by atoms with Gasteiger partial charge in [0, 0.05) is 6.42 Å². The Kier molecular flexibility index (Phi) is 14.6. The molecule has 1 heterocycles. The molecular weight excluding hydrogens is 427 g/mol. The molecule has 7 nitrogen and oxygen atoms in total. The molecule has 0 spiro atoms. The van der Waals surface area contributed by atoms with E-state index in [1.54, 1.807) is 0 Å². The van der Waals surface area contributed by atoms with Gasteiger partial charge in [-0.1, -0.05) is 50.1 Å². The first kappa shape index (κ1) is 28.4. The van der Waals surface area contributed by atoms with E-state index in [0.29, 0.717) is 12.8 Å². The number of unbranched alkanes of at least 4 members (excludes halogenated alkanes) is 1. The molecule has 0 aliphatic carbocycles. The first-order chi connectivity index (χ1) is 15.9. The summed E-state index contributed by atoms with van der Waals surface area (Å²) in [7, 11) is 1.84. The fraction of sp³-hybridized carbons (Fsp3) is 0.600. The van der Waals surface area contributed by atoms with Crippen molar-refractivity contribution in [1.29, 1.82) is 0 Å². The lowest BCUT2D eigenvalue weighted by molar-refractivity contribution is -0.146. The summed E-state index contributed by atoms with van der Waals surface area (Å²) in [6.45, 7) is 1.82. The Morgan fingerprint density at radius 2 is 1.97 bits per heavy atom. The van der Waals surface area contributed by atoms with Crippen LogP contribution in [0, 0.1) is 0 Å². The number of piperidine rings is 1. The number of ketones is 1. The van der Waals surface area contributed by atoms with Gasteiger partial charge in [0.05, 0.1) is 19.1 Å². The van der Waals surface area contributed by atoms with Crippen molar-refractivity contribution in [2.45, 2.75) is 70.4 Å². The number of alkyl halides is 1. The number of aryl methyl sites for hydroxylation is 1. The smallest absolute Gasteiger partial charge is 0.308 e. The van der Waals surface area contributed by atoms with Crippen molar-refractivity contribution in [1.82, 2.24) is 10.2 Å². The molecule has 1 aromatic carbocycles. The van der Waals surface area contributed by atoms with Crippen molar-refractivity contribution in [2.24, 2.45) is 0 Å². The van der Waals surface area contributed by atoms with Gasteiger partial charge < -0.3 is 14.8 Å². The summed E-state index contributed by atoms with van der Waals surface area (Å²) in [6, 6.07) is 8.52. The van der Waals surface area contributed by atoms with Crippen LogP contribution in [0.25, 0.3) is 0 Å². The summed E-state index contributed by atoms with van der Waals surface area (Å²) in [4.78, 5) is 47.6. The van der Waals surface area contributed by atoms with Crippen LogP contribution >= 0.6 is 0 Å². The van der Waals surface area contributed by atoms with Crippen LogP contribution in [0.4, 0.5) is 4.39 Å². The monoisotopic (exact) mass is 464 g/mol. The van der Waals surface area contributed by atoms with Crippen LogP contribution in [0.1, 0.15) is 57.4 Å². The Morgan fingerprint density at radius 3 is 2.58 bits per heavy atom. The standard InChI is InChI=1S/C16H27FN2O4.C9H10O/c1-3-4-9-23-15(21)10-12(14(20)11-17)18-16(22)13-7-5-6-8-19(13)2;10-8-4-7-9-5-2-1-3-6-9/h12-13H,3-11H2,1-2H3,(H,18,22);1-3,5-6,8H,4,7H2. The summed E-state index contributed by atoms with van der Waals surface area (Å²) >= 11 is 0. The molecule has 1 aromatic rings. The van der Waals surface area contributed by atoms with E-state index in [-0.39, 0.29) is 25.0 Å². The van der Waals surface area contributed by atoms with Gasteiger partial charge in [-0.25, -0.2) is 4.39 Å². The van der Waals surface area contributed by atoms with Crippen molar-refractivity contribution in [3.63, 3.8) is 0 Å². The van der Waals surface area contributed by atoms with Gasteiger partial charge in [-0.3, -0.25) is 19.3 Å². The second-order valence-corrected chi connectivity index (χ2v) is 8.12. The number of hydrogen-bond donors (Lipinski definition) is 1. The average molecular weight is 465 g/mol. The summed E-state index contributed by atoms with van der Waals surface area (Å²) in [5.41, 5.74) is 1.23. The zero-order chi connectivity index (χ0) is 24.5. The highest BCUT2D eigenvalue weighted by atomic mass is 19.1. The number of esters is 1. The number of nitrogens with zero attached hydrogens (tertiary/aromatic N) is 1. The van der Waals surface area contributed by atoms with Crippen LogP contribution in [0.3, 0.4) is 0 Å². The van der Waals surface area contributed by atoms with Crippen LogP contribution in [-0.2, 0) is 30.3 Å². The molecule has 8 heteroatoms. The van der Waals surface area contributed by atoms with Gasteiger partial charge in [0.2, 0.25) is 5.91 Å². The molecule has 1 saturated heterocycles. The van der Waals surface area contributed by atoms with E-state index in [1.165, 1.54) is 5.56 Å². The van der Waals surface area contributed by atoms with Crippen LogP contribution in [0.2, 0.25) is 0 Å². The first-order valence-corrected chi connectivity index (χ1v) is 11.6. The lowest BCUT2D eigenvalue weighted by Gasteiger charge is -2.32. The second-order valence-electron chi connectivity index (χ2n) is 8.12. The number of carbonyl (C=O) groups is 4. The fourth-order valence-electron chi connectivity index (χ4n) is 3.44. The minimum absolute atomic E-state index is 0.269. The first-order valence-electron chi connectivity index (χ1n) is 11.6. The maximum absolute atomic E-state index is 12.7. The van der Waals surface area contributed by atoms with Crippen molar-refractivity contribution in [3.8, 4) is 0 Å². The van der Waals surface area contributed by atoms with E-state index in [1.807, 2.05) is 49.2 Å². The third-order valence-electron chi connectivity index (χ3n) is 5.44. The van der Waals surface area contributed by atoms with Crippen LogP contribution in [0.5, 0.6) is 0 Å². The maximum atomic E-state index is 12.7. The van der Waals surface area contributed by atoms with Crippen LogP contribution in [-0.4, -0.2) is 67.8 Å². The quantitative estimate of drug-likeness (QED) is 0.290. The third-order valence-corrected chi connectivity index (χ3v) is 5.44. The van der Waals surface area contributed by atoms with Gasteiger partial charge in [-0.2, -0.15) is 0 Å². The van der Waals surface area contributed by atoms with Gasteiger partial charge in [-0.05, 0) is 44.8 Å². The number of likely N-dealkylation sites (tertiary alicyclic amines) is 1. The highest BCUT2D eigenvalue weighted by Gasteiger charge is 2.30. The molecule has 2 rings (SSSR count). The molecule has 1 aliphatic rings. The van der Waals surface area contributed by atoms with Crippen molar-refractivity contribution >= 4 is 23.9 Å². The lowest BCUT2D eigenvalue weighted by atomic mass is 10.0. The Bertz CT molecular complexity index is 729. The number of ether oxygens (including phenoxy) is 1. The minimum atomic E-state index is -1.21. The number of rotatable bonds is 12. The summed E-state index contributed by atoms with van der Waals surface area (Å²) in [6.07, 6.45) is 6.38. The molecule has 0 saturated carbocycles. The maximum Gasteiger partial charge on any atom is 0.308 e. The number of nitrogens with one attached hydrogen (secondary N) is 1. The van der Waals surface area contributed by atoms with Gasteiger partial charge in [-0.15, -0.1) is 0 Å². The average Bonchev–Trinajstić information content (AvgIpc) is 2.83. The van der Waals surface area contributed by atoms with E-state index < -0.39 is 24.5 Å². The lowest BCUT2D eigenvalue weighted by Crippen LogP contribution is -2.52. The highest BCUT2D eigenvalue weighted by molar-refractivity contribution is 5.94. The highest BCUT2D eigenvalue weighted by Crippen LogP contribution is 2.15.